The monoisotopic (exact) mass is 396 g/mol. The Morgan fingerprint density at radius 1 is 1.30 bits per heavy atom. The maximum Gasteiger partial charge on any atom is 0.341 e. The van der Waals surface area contributed by atoms with Gasteiger partial charge in [-0.25, -0.2) is 14.2 Å². The number of hydrogen-bond donors (Lipinski definition) is 1. The van der Waals surface area contributed by atoms with Crippen LogP contribution in [0, 0.1) is 5.82 Å². The molecule has 0 aromatic carbocycles. The Bertz CT molecular complexity index is 936. The fourth-order valence-corrected chi connectivity index (χ4v) is 3.52. The van der Waals surface area contributed by atoms with Crippen LogP contribution in [0.5, 0.6) is 0 Å². The Morgan fingerprint density at radius 2 is 1.96 bits per heavy atom. The third-order valence-corrected chi connectivity index (χ3v) is 5.23. The lowest BCUT2D eigenvalue weighted by molar-refractivity contribution is 0.0695. The Hall–Kier alpha value is -2.19. The van der Waals surface area contributed by atoms with Gasteiger partial charge in [0.1, 0.15) is 11.2 Å². The summed E-state index contributed by atoms with van der Waals surface area (Å²) in [5.74, 6) is -1.64. The molecule has 0 unspecified atom stereocenters. The molecule has 0 radical (unpaired) electrons. The Balaban J connectivity index is 0.00000210. The number of nitrogens with zero attached hydrogens (tertiary/aromatic N) is 4. The molecule has 4 rings (SSSR count). The Morgan fingerprint density at radius 3 is 2.52 bits per heavy atom. The van der Waals surface area contributed by atoms with Crippen molar-refractivity contribution in [3.63, 3.8) is 0 Å². The van der Waals surface area contributed by atoms with Gasteiger partial charge in [-0.05, 0) is 25.5 Å². The lowest BCUT2D eigenvalue weighted by Gasteiger charge is -2.35. The molecule has 1 aliphatic carbocycles. The molecule has 0 spiro atoms. The van der Waals surface area contributed by atoms with Crippen LogP contribution in [0.1, 0.15) is 36.2 Å². The quantitative estimate of drug-likeness (QED) is 0.853. The molecule has 27 heavy (non-hydrogen) atoms. The first kappa shape index (κ1) is 19.6. The first-order valence-corrected chi connectivity index (χ1v) is 8.95. The van der Waals surface area contributed by atoms with Crippen LogP contribution >= 0.6 is 12.4 Å². The second-order valence-electron chi connectivity index (χ2n) is 6.90. The topological polar surface area (TPSA) is 78.7 Å². The number of fused-ring (bicyclic) bond motifs is 1. The second-order valence-corrected chi connectivity index (χ2v) is 6.90. The molecule has 2 aliphatic rings. The number of piperazine rings is 1. The number of carboxylic acids is 1. The molecule has 1 saturated heterocycles. The van der Waals surface area contributed by atoms with Crippen molar-refractivity contribution in [3.8, 4) is 0 Å². The van der Waals surface area contributed by atoms with Crippen LogP contribution in [-0.2, 0) is 0 Å². The number of carboxylic acid groups (broad SMARTS) is 1. The van der Waals surface area contributed by atoms with Gasteiger partial charge in [0.15, 0.2) is 11.6 Å². The van der Waals surface area contributed by atoms with E-state index in [0.717, 1.165) is 38.5 Å². The lowest BCUT2D eigenvalue weighted by atomic mass is 10.1. The zero-order chi connectivity index (χ0) is 18.4. The van der Waals surface area contributed by atoms with Crippen molar-refractivity contribution in [2.45, 2.75) is 25.8 Å². The van der Waals surface area contributed by atoms with Gasteiger partial charge in [0, 0.05) is 38.4 Å². The number of aromatic nitrogens is 2. The fraction of sp³-hybridized carbons (Fsp3) is 0.500. The van der Waals surface area contributed by atoms with Crippen LogP contribution in [0.2, 0.25) is 0 Å². The van der Waals surface area contributed by atoms with Crippen LogP contribution in [-0.4, -0.2) is 58.3 Å². The largest absolute Gasteiger partial charge is 0.477 e. The lowest BCUT2D eigenvalue weighted by Crippen LogP contribution is -2.46. The molecule has 7 nitrogen and oxygen atoms in total. The van der Waals surface area contributed by atoms with E-state index in [1.54, 1.807) is 4.57 Å². The number of hydrogen-bond acceptors (Lipinski definition) is 5. The molecule has 1 saturated carbocycles. The van der Waals surface area contributed by atoms with E-state index in [1.807, 2.05) is 4.90 Å². The molecule has 3 heterocycles. The van der Waals surface area contributed by atoms with E-state index in [2.05, 4.69) is 16.8 Å². The first-order valence-electron chi connectivity index (χ1n) is 8.95. The summed E-state index contributed by atoms with van der Waals surface area (Å²) < 4.78 is 16.5. The number of halogens is 2. The minimum Gasteiger partial charge on any atom is -0.477 e. The summed E-state index contributed by atoms with van der Waals surface area (Å²) in [6.07, 6.45) is 3.16. The molecule has 1 aliphatic heterocycles. The molecule has 2 aromatic rings. The van der Waals surface area contributed by atoms with E-state index in [1.165, 1.54) is 6.20 Å². The average molecular weight is 397 g/mol. The standard InChI is InChI=1S/C18H21FN4O3.ClH/c1-2-21-5-7-22(8-6-21)17-14(19)9-12-15(24)13(18(25)26)10-23(11-3-4-11)16(12)20-17;/h9-11H,2-8H2,1H3,(H,25,26);1H. The zero-order valence-electron chi connectivity index (χ0n) is 15.0. The maximum atomic E-state index is 14.7. The molecular weight excluding hydrogens is 375 g/mol. The van der Waals surface area contributed by atoms with Crippen molar-refractivity contribution in [2.24, 2.45) is 0 Å². The molecule has 146 valence electrons. The SMILES string of the molecule is CCN1CCN(c2nc3c(cc2F)c(=O)c(C(=O)O)cn3C2CC2)CC1.Cl. The van der Waals surface area contributed by atoms with Crippen LogP contribution in [0.15, 0.2) is 17.1 Å². The van der Waals surface area contributed by atoms with E-state index >= 15 is 0 Å². The first-order chi connectivity index (χ1) is 12.5. The third-order valence-electron chi connectivity index (χ3n) is 5.23. The van der Waals surface area contributed by atoms with E-state index in [4.69, 9.17) is 0 Å². The molecule has 0 bridgehead atoms. The van der Waals surface area contributed by atoms with Crippen molar-refractivity contribution < 1.29 is 14.3 Å². The van der Waals surface area contributed by atoms with Crippen LogP contribution in [0.3, 0.4) is 0 Å². The van der Waals surface area contributed by atoms with Gasteiger partial charge in [-0.1, -0.05) is 6.92 Å². The molecule has 9 heteroatoms. The highest BCUT2D eigenvalue weighted by Crippen LogP contribution is 2.37. The summed E-state index contributed by atoms with van der Waals surface area (Å²) >= 11 is 0. The van der Waals surface area contributed by atoms with Crippen LogP contribution < -0.4 is 10.3 Å². The van der Waals surface area contributed by atoms with Gasteiger partial charge in [-0.15, -0.1) is 12.4 Å². The van der Waals surface area contributed by atoms with Crippen molar-refractivity contribution in [1.82, 2.24) is 14.5 Å². The smallest absolute Gasteiger partial charge is 0.341 e. The van der Waals surface area contributed by atoms with Gasteiger partial charge >= 0.3 is 5.97 Å². The summed E-state index contributed by atoms with van der Waals surface area (Å²) in [6.45, 7) is 6.07. The van der Waals surface area contributed by atoms with Crippen molar-refractivity contribution in [3.05, 3.63) is 33.9 Å². The van der Waals surface area contributed by atoms with E-state index in [9.17, 15) is 19.1 Å². The summed E-state index contributed by atoms with van der Waals surface area (Å²) in [7, 11) is 0. The van der Waals surface area contributed by atoms with Crippen molar-refractivity contribution in [2.75, 3.05) is 37.6 Å². The van der Waals surface area contributed by atoms with Gasteiger partial charge < -0.3 is 19.5 Å². The van der Waals surface area contributed by atoms with E-state index in [-0.39, 0.29) is 35.2 Å². The van der Waals surface area contributed by atoms with Crippen molar-refractivity contribution >= 4 is 35.2 Å². The highest BCUT2D eigenvalue weighted by Gasteiger charge is 2.29. The maximum absolute atomic E-state index is 14.7. The number of anilines is 1. The predicted molar refractivity (Wildman–Crippen MR) is 103 cm³/mol. The number of rotatable bonds is 4. The van der Waals surface area contributed by atoms with Gasteiger partial charge in [0.25, 0.3) is 0 Å². The minimum atomic E-state index is -1.30. The summed E-state index contributed by atoms with van der Waals surface area (Å²) in [5.41, 5.74) is -0.648. The minimum absolute atomic E-state index is 0. The molecule has 0 amide bonds. The normalized spacial score (nSPS) is 17.8. The third kappa shape index (κ3) is 3.51. The van der Waals surface area contributed by atoms with E-state index in [0.29, 0.717) is 18.7 Å². The number of carbonyl (C=O) groups is 1. The molecule has 2 aromatic heterocycles. The van der Waals surface area contributed by atoms with E-state index < -0.39 is 17.2 Å². The summed E-state index contributed by atoms with van der Waals surface area (Å²) in [6, 6.07) is 1.27. The van der Waals surface area contributed by atoms with Crippen LogP contribution in [0.4, 0.5) is 10.2 Å². The molecule has 1 N–H and O–H groups in total. The Labute approximate surface area is 161 Å². The second kappa shape index (κ2) is 7.44. The highest BCUT2D eigenvalue weighted by molar-refractivity contribution is 5.92. The van der Waals surface area contributed by atoms with Gasteiger partial charge in [0.05, 0.1) is 5.39 Å². The Kier molecular flexibility index (Phi) is 5.39. The van der Waals surface area contributed by atoms with Gasteiger partial charge in [-0.3, -0.25) is 4.79 Å². The fourth-order valence-electron chi connectivity index (χ4n) is 3.52. The molecular formula is C18H22ClFN4O3. The zero-order valence-corrected chi connectivity index (χ0v) is 15.8. The number of aromatic carboxylic acids is 1. The van der Waals surface area contributed by atoms with Gasteiger partial charge in [-0.2, -0.15) is 0 Å². The number of likely N-dealkylation sites (N-methyl/N-ethyl adjacent to an activating group) is 1. The van der Waals surface area contributed by atoms with Crippen molar-refractivity contribution in [1.29, 1.82) is 0 Å². The molecule has 0 atom stereocenters. The molecule has 2 fully saturated rings. The summed E-state index contributed by atoms with van der Waals surface area (Å²) in [5, 5.41) is 9.32. The average Bonchev–Trinajstić information content (AvgIpc) is 3.47. The highest BCUT2D eigenvalue weighted by atomic mass is 35.5. The predicted octanol–water partition coefficient (Wildman–Crippen LogP) is 2.13. The van der Waals surface area contributed by atoms with Gasteiger partial charge in [0.2, 0.25) is 5.43 Å². The van der Waals surface area contributed by atoms with Crippen LogP contribution in [0.25, 0.3) is 11.0 Å². The summed E-state index contributed by atoms with van der Waals surface area (Å²) in [4.78, 5) is 32.5. The number of pyridine rings is 2.